The minimum atomic E-state index is -1.47. The third-order valence-corrected chi connectivity index (χ3v) is 15.4. The van der Waals surface area contributed by atoms with Gasteiger partial charge in [0.25, 0.3) is 0 Å². The lowest BCUT2D eigenvalue weighted by Crippen LogP contribution is -3.00. The number of carbonyl (C=O) groups is 6. The van der Waals surface area contributed by atoms with Crippen molar-refractivity contribution in [3.05, 3.63) is 47.5 Å². The van der Waals surface area contributed by atoms with E-state index in [1.54, 1.807) is 24.3 Å². The fraction of sp³-hybridized carbons (Fsp3) is 0.640. The lowest BCUT2D eigenvalue weighted by atomic mass is 9.57. The third-order valence-electron chi connectivity index (χ3n) is 15.4. The van der Waals surface area contributed by atoms with Crippen LogP contribution in [0.3, 0.4) is 0 Å². The predicted octanol–water partition coefficient (Wildman–Crippen LogP) is 2.54. The van der Waals surface area contributed by atoms with Crippen LogP contribution in [0.15, 0.2) is 36.4 Å². The summed E-state index contributed by atoms with van der Waals surface area (Å²) in [4.78, 5) is 77.2. The van der Waals surface area contributed by atoms with Crippen LogP contribution in [0.25, 0.3) is 0 Å². The molecule has 0 spiro atoms. The highest BCUT2D eigenvalue weighted by molar-refractivity contribution is 5.82. The Morgan fingerprint density at radius 2 is 0.864 bits per heavy atom. The van der Waals surface area contributed by atoms with Gasteiger partial charge in [0.15, 0.2) is 0 Å². The molecule has 4 unspecified atom stereocenters. The zero-order valence-corrected chi connectivity index (χ0v) is 42.7. The summed E-state index contributed by atoms with van der Waals surface area (Å²) in [7, 11) is 4.37. The van der Waals surface area contributed by atoms with Crippen molar-refractivity contribution in [1.82, 2.24) is 0 Å². The summed E-state index contributed by atoms with van der Waals surface area (Å²) in [5.41, 5.74) is 0.118. The standard InChI is InChI=1S/C50H68N2O12.2BrH/c1-7-11-45(55)61-40-21-15-32(42(27-40)63-47(57)13-9-3)30-51(5)36-17-18-37(51)24-34(23-36)50(49(59)60,29-44(53)54)35-25-38-19-20-39(26-35)52(38,6)31-33-16-22-41(62-46(56)12-8-2)28-43(33)64-48(58)14-10-4;;/h15-16,21-22,27-28,34-39H,7-14,17-20,23-26,29-31H2,1-6H3;2*1H/t34?,35?,36-,37+,38-,39+,50?,51?,52?;;. The molecule has 66 heavy (non-hydrogen) atoms. The largest absolute Gasteiger partial charge is 1.00 e. The number of hydrogen-bond donors (Lipinski definition) is 2. The quantitative estimate of drug-likeness (QED) is 0.106. The van der Waals surface area contributed by atoms with Gasteiger partial charge in [0.1, 0.15) is 36.1 Å². The summed E-state index contributed by atoms with van der Waals surface area (Å²) in [6.45, 7) is 8.62. The number of carbonyl (C=O) groups excluding carboxylic acids is 4. The summed E-state index contributed by atoms with van der Waals surface area (Å²) in [5.74, 6) is -3.03. The number of quaternary nitrogens is 2. The first kappa shape index (κ1) is 54.7. The van der Waals surface area contributed by atoms with Crippen LogP contribution in [-0.2, 0) is 41.9 Å². The monoisotopic (exact) mass is 1050 g/mol. The number of fused-ring (bicyclic) bond motifs is 4. The maximum atomic E-state index is 14.0. The molecule has 4 heterocycles. The first-order valence-corrected chi connectivity index (χ1v) is 23.7. The Hall–Kier alpha value is -3.86. The number of piperidine rings is 2. The van der Waals surface area contributed by atoms with Crippen LogP contribution in [0.5, 0.6) is 23.0 Å². The van der Waals surface area contributed by atoms with Gasteiger partial charge in [0, 0.05) is 100 Å². The second-order valence-electron chi connectivity index (χ2n) is 19.5. The number of hydrogen-bond acceptors (Lipinski definition) is 10. The second-order valence-corrected chi connectivity index (χ2v) is 19.5. The number of esters is 4. The topological polar surface area (TPSA) is 180 Å². The molecule has 4 aliphatic rings. The van der Waals surface area contributed by atoms with E-state index in [-0.39, 0.29) is 120 Å². The summed E-state index contributed by atoms with van der Waals surface area (Å²) in [6, 6.07) is 10.6. The molecule has 0 saturated carbocycles. The van der Waals surface area contributed by atoms with Gasteiger partial charge < -0.3 is 72.1 Å². The Bertz CT molecular complexity index is 1920. The molecule has 16 heteroatoms. The molecule has 0 aliphatic carbocycles. The van der Waals surface area contributed by atoms with E-state index < -0.39 is 23.8 Å². The molecule has 4 saturated heterocycles. The van der Waals surface area contributed by atoms with Gasteiger partial charge in [-0.2, -0.15) is 0 Å². The van der Waals surface area contributed by atoms with Gasteiger partial charge in [0.2, 0.25) is 0 Å². The highest BCUT2D eigenvalue weighted by Crippen LogP contribution is 2.59. The van der Waals surface area contributed by atoms with Crippen molar-refractivity contribution < 1.29 is 101 Å². The second kappa shape index (κ2) is 23.4. The molecule has 366 valence electrons. The number of carboxylic acid groups (broad SMARTS) is 2. The Labute approximate surface area is 410 Å². The van der Waals surface area contributed by atoms with Crippen molar-refractivity contribution in [1.29, 1.82) is 0 Å². The molecule has 2 N–H and O–H groups in total. The van der Waals surface area contributed by atoms with Gasteiger partial charge in [-0.05, 0) is 61.8 Å². The average molecular weight is 1050 g/mol. The van der Waals surface area contributed by atoms with E-state index in [1.807, 2.05) is 39.8 Å². The Morgan fingerprint density at radius 3 is 1.15 bits per heavy atom. The van der Waals surface area contributed by atoms with Crippen LogP contribution in [0.4, 0.5) is 0 Å². The number of halogens is 2. The molecule has 4 bridgehead atoms. The van der Waals surface area contributed by atoms with E-state index in [0.717, 1.165) is 36.8 Å². The van der Waals surface area contributed by atoms with Crippen molar-refractivity contribution in [3.8, 4) is 23.0 Å². The van der Waals surface area contributed by atoms with E-state index in [9.17, 15) is 39.0 Å². The average Bonchev–Trinajstić information content (AvgIpc) is 3.44. The van der Waals surface area contributed by atoms with E-state index in [2.05, 4.69) is 14.1 Å². The van der Waals surface area contributed by atoms with Crippen LogP contribution in [-0.4, -0.2) is 93.3 Å². The lowest BCUT2D eigenvalue weighted by molar-refractivity contribution is -0.963. The third kappa shape index (κ3) is 11.9. The molecule has 2 aromatic rings. The van der Waals surface area contributed by atoms with Gasteiger partial charge in [0.05, 0.1) is 50.1 Å². The van der Waals surface area contributed by atoms with Gasteiger partial charge in [-0.1, -0.05) is 27.7 Å². The number of nitrogens with zero attached hydrogens (tertiary/aromatic N) is 2. The maximum absolute atomic E-state index is 14.0. The Morgan fingerprint density at radius 1 is 0.545 bits per heavy atom. The lowest BCUT2D eigenvalue weighted by Gasteiger charge is -2.55. The minimum absolute atomic E-state index is 0. The van der Waals surface area contributed by atoms with E-state index >= 15 is 0 Å². The zero-order chi connectivity index (χ0) is 46.4. The number of aliphatic carboxylic acids is 2. The van der Waals surface area contributed by atoms with Gasteiger partial charge >= 0.3 is 35.8 Å². The van der Waals surface area contributed by atoms with Crippen molar-refractivity contribution in [2.75, 3.05) is 14.1 Å². The highest BCUT2D eigenvalue weighted by Gasteiger charge is 2.64. The fourth-order valence-electron chi connectivity index (χ4n) is 12.1. The van der Waals surface area contributed by atoms with E-state index in [4.69, 9.17) is 18.9 Å². The molecule has 0 amide bonds. The van der Waals surface area contributed by atoms with Crippen molar-refractivity contribution >= 4 is 35.8 Å². The maximum Gasteiger partial charge on any atom is 0.311 e. The number of carboxylic acids is 2. The number of rotatable bonds is 21. The molecular weight excluding hydrogens is 980 g/mol. The normalized spacial score (nSPS) is 27.0. The summed E-state index contributed by atoms with van der Waals surface area (Å²) in [5, 5.41) is 22.0. The molecule has 8 atom stereocenters. The van der Waals surface area contributed by atoms with Gasteiger partial charge in [-0.3, -0.25) is 28.8 Å². The smallest absolute Gasteiger partial charge is 0.311 e. The Balaban J connectivity index is 0.00000476. The first-order chi connectivity index (χ1) is 30.5. The van der Waals surface area contributed by atoms with Crippen LogP contribution in [0.1, 0.15) is 148 Å². The summed E-state index contributed by atoms with van der Waals surface area (Å²) in [6.07, 6.45) is 8.77. The minimum Gasteiger partial charge on any atom is -1.00 e. The van der Waals surface area contributed by atoms with Gasteiger partial charge in [-0.15, -0.1) is 0 Å². The van der Waals surface area contributed by atoms with Crippen LogP contribution < -0.4 is 52.9 Å². The molecule has 0 radical (unpaired) electrons. The molecule has 14 nitrogen and oxygen atoms in total. The van der Waals surface area contributed by atoms with Gasteiger partial charge in [-0.25, -0.2) is 0 Å². The molecule has 2 aromatic carbocycles. The highest BCUT2D eigenvalue weighted by atomic mass is 79.9. The van der Waals surface area contributed by atoms with E-state index in [0.29, 0.717) is 96.4 Å². The Kier molecular flexibility index (Phi) is 19.4. The predicted molar refractivity (Wildman–Crippen MR) is 236 cm³/mol. The van der Waals surface area contributed by atoms with Crippen molar-refractivity contribution in [2.45, 2.75) is 174 Å². The molecule has 4 fully saturated rings. The SMILES string of the molecule is CCCC(=O)Oc1ccc(C[N+]2(C)[C@@H]3CC[C@H]2CC(C(CC(=O)O)(C(=O)O)C2C[C@H]4CC[C@@H](C2)[N+]4(C)Cc2ccc(OC(=O)CCC)cc2OC(=O)CCC)C3)c(OC(=O)CCC)c1.[Br-].[Br-]. The summed E-state index contributed by atoms with van der Waals surface area (Å²) < 4.78 is 24.1. The van der Waals surface area contributed by atoms with Crippen molar-refractivity contribution in [2.24, 2.45) is 17.3 Å². The first-order valence-electron chi connectivity index (χ1n) is 23.7. The fourth-order valence-corrected chi connectivity index (χ4v) is 12.1. The number of benzene rings is 2. The molecule has 6 rings (SSSR count). The van der Waals surface area contributed by atoms with E-state index in [1.165, 1.54) is 0 Å². The van der Waals surface area contributed by atoms with Crippen LogP contribution in [0.2, 0.25) is 0 Å². The molecular formula is C50H70Br2N2O12. The van der Waals surface area contributed by atoms with Crippen LogP contribution >= 0.6 is 0 Å². The molecule has 4 aliphatic heterocycles. The summed E-state index contributed by atoms with van der Waals surface area (Å²) >= 11 is 0. The zero-order valence-electron chi connectivity index (χ0n) is 39.5. The number of ether oxygens (including phenoxy) is 4. The van der Waals surface area contributed by atoms with Crippen LogP contribution in [0, 0.1) is 17.3 Å². The van der Waals surface area contributed by atoms with Crippen molar-refractivity contribution in [3.63, 3.8) is 0 Å². The molecule has 0 aromatic heterocycles.